The number of ether oxygens (including phenoxy) is 1. The summed E-state index contributed by atoms with van der Waals surface area (Å²) in [4.78, 5) is 24.3. The van der Waals surface area contributed by atoms with E-state index in [0.717, 1.165) is 27.1 Å². The van der Waals surface area contributed by atoms with Gasteiger partial charge in [-0.05, 0) is 51.9 Å². The lowest BCUT2D eigenvalue weighted by Gasteiger charge is -2.08. The van der Waals surface area contributed by atoms with E-state index >= 15 is 0 Å². The van der Waals surface area contributed by atoms with E-state index in [9.17, 15) is 9.59 Å². The Balaban J connectivity index is 1.44. The van der Waals surface area contributed by atoms with Gasteiger partial charge in [-0.3, -0.25) is 9.59 Å². The quantitative estimate of drug-likeness (QED) is 0.287. The van der Waals surface area contributed by atoms with Crippen LogP contribution in [0.25, 0.3) is 21.5 Å². The zero-order chi connectivity index (χ0) is 21.6. The molecule has 4 aromatic rings. The number of methoxy groups -OCH3 is 1. The topological polar surface area (TPSA) is 79.8 Å². The number of hydrogen-bond acceptors (Lipinski definition) is 4. The number of amides is 2. The number of nitrogens with one attached hydrogen (secondary N) is 2. The molecule has 0 aliphatic heterocycles. The van der Waals surface area contributed by atoms with Gasteiger partial charge >= 0.3 is 0 Å². The first-order valence-corrected chi connectivity index (χ1v) is 9.80. The van der Waals surface area contributed by atoms with Crippen LogP contribution in [0.1, 0.15) is 15.9 Å². The molecule has 2 amide bonds. The Morgan fingerprint density at radius 2 is 1.52 bits per heavy atom. The van der Waals surface area contributed by atoms with Gasteiger partial charge in [0, 0.05) is 11.1 Å². The van der Waals surface area contributed by atoms with Crippen molar-refractivity contribution in [2.45, 2.75) is 0 Å². The van der Waals surface area contributed by atoms with Crippen LogP contribution in [0.2, 0.25) is 0 Å². The van der Waals surface area contributed by atoms with Crippen molar-refractivity contribution in [2.75, 3.05) is 13.7 Å². The maximum atomic E-state index is 12.2. The fraction of sp³-hybridized carbons (Fsp3) is 0.0800. The molecule has 0 bridgehead atoms. The van der Waals surface area contributed by atoms with E-state index in [4.69, 9.17) is 4.74 Å². The third-order valence-electron chi connectivity index (χ3n) is 4.96. The predicted octanol–water partition coefficient (Wildman–Crippen LogP) is 3.88. The Morgan fingerprint density at radius 1 is 0.903 bits per heavy atom. The van der Waals surface area contributed by atoms with Gasteiger partial charge in [-0.2, -0.15) is 5.10 Å². The van der Waals surface area contributed by atoms with E-state index in [1.54, 1.807) is 37.6 Å². The smallest absolute Gasteiger partial charge is 0.259 e. The number of benzene rings is 4. The average molecular weight is 411 g/mol. The number of carbonyl (C=O) groups is 2. The van der Waals surface area contributed by atoms with Crippen molar-refractivity contribution in [3.8, 4) is 5.75 Å². The summed E-state index contributed by atoms with van der Waals surface area (Å²) in [5, 5.41) is 11.0. The second kappa shape index (κ2) is 9.09. The highest BCUT2D eigenvalue weighted by Crippen LogP contribution is 2.27. The minimum Gasteiger partial charge on any atom is -0.497 e. The number of nitrogens with zero attached hydrogens (tertiary/aromatic N) is 1. The number of fused-ring (bicyclic) bond motifs is 2. The second-order valence-electron chi connectivity index (χ2n) is 6.94. The molecule has 0 radical (unpaired) electrons. The van der Waals surface area contributed by atoms with E-state index in [-0.39, 0.29) is 12.5 Å². The van der Waals surface area contributed by atoms with Gasteiger partial charge in [-0.25, -0.2) is 5.43 Å². The van der Waals surface area contributed by atoms with Gasteiger partial charge in [0.25, 0.3) is 11.8 Å². The maximum Gasteiger partial charge on any atom is 0.259 e. The lowest BCUT2D eigenvalue weighted by molar-refractivity contribution is -0.120. The third-order valence-corrected chi connectivity index (χ3v) is 4.96. The van der Waals surface area contributed by atoms with E-state index in [0.29, 0.717) is 11.3 Å². The molecular weight excluding hydrogens is 390 g/mol. The van der Waals surface area contributed by atoms with Gasteiger partial charge in [-0.1, -0.05) is 48.5 Å². The summed E-state index contributed by atoms with van der Waals surface area (Å²) in [7, 11) is 1.56. The van der Waals surface area contributed by atoms with Crippen LogP contribution in [0.15, 0.2) is 84.0 Å². The van der Waals surface area contributed by atoms with Crippen LogP contribution >= 0.6 is 0 Å². The minimum absolute atomic E-state index is 0.182. The summed E-state index contributed by atoms with van der Waals surface area (Å²) in [6, 6.07) is 24.9. The zero-order valence-electron chi connectivity index (χ0n) is 17.0. The molecule has 0 aliphatic carbocycles. The molecule has 2 N–H and O–H groups in total. The molecule has 0 aromatic heterocycles. The van der Waals surface area contributed by atoms with Crippen LogP contribution in [-0.4, -0.2) is 31.7 Å². The van der Waals surface area contributed by atoms with E-state index in [1.807, 2.05) is 48.5 Å². The molecule has 4 rings (SSSR count). The maximum absolute atomic E-state index is 12.2. The predicted molar refractivity (Wildman–Crippen MR) is 123 cm³/mol. The molecule has 0 fully saturated rings. The van der Waals surface area contributed by atoms with Crippen molar-refractivity contribution in [3.05, 3.63) is 90.0 Å². The first-order valence-electron chi connectivity index (χ1n) is 9.80. The number of hydrogen-bond donors (Lipinski definition) is 2. The lowest BCUT2D eigenvalue weighted by Crippen LogP contribution is -2.34. The molecule has 4 aromatic carbocycles. The Bertz CT molecular complexity index is 1230. The van der Waals surface area contributed by atoms with Crippen molar-refractivity contribution in [3.63, 3.8) is 0 Å². The van der Waals surface area contributed by atoms with Crippen LogP contribution in [0, 0.1) is 0 Å². The first kappa shape index (κ1) is 20.1. The monoisotopic (exact) mass is 411 g/mol. The molecule has 6 nitrogen and oxygen atoms in total. The zero-order valence-corrected chi connectivity index (χ0v) is 17.0. The Labute approximate surface area is 179 Å². The fourth-order valence-electron chi connectivity index (χ4n) is 3.40. The number of rotatable bonds is 6. The van der Waals surface area contributed by atoms with Gasteiger partial charge in [0.15, 0.2) is 0 Å². The molecule has 0 spiro atoms. The highest BCUT2D eigenvalue weighted by Gasteiger charge is 2.08. The molecule has 0 aliphatic rings. The molecule has 154 valence electrons. The van der Waals surface area contributed by atoms with E-state index in [1.165, 1.54) is 0 Å². The van der Waals surface area contributed by atoms with E-state index < -0.39 is 5.91 Å². The standard InChI is InChI=1S/C25H21N3O3/c1-31-20-12-10-17(11-13-20)25(30)26-16-24(29)28-27-15-23-21-8-4-2-6-18(21)14-19-7-3-5-9-22(19)23/h2-15H,16H2,1H3,(H,26,30)(H,28,29)/b27-15-. The summed E-state index contributed by atoms with van der Waals surface area (Å²) in [5.41, 5.74) is 3.85. The van der Waals surface area contributed by atoms with Crippen molar-refractivity contribution >= 4 is 39.6 Å². The van der Waals surface area contributed by atoms with Crippen molar-refractivity contribution in [1.82, 2.24) is 10.7 Å². The molecule has 0 heterocycles. The molecule has 0 unspecified atom stereocenters. The number of hydrazone groups is 1. The van der Waals surface area contributed by atoms with Crippen LogP contribution in [-0.2, 0) is 4.79 Å². The van der Waals surface area contributed by atoms with Gasteiger partial charge in [0.2, 0.25) is 0 Å². The molecule has 0 saturated heterocycles. The number of carbonyl (C=O) groups excluding carboxylic acids is 2. The Kier molecular flexibility index (Phi) is 5.89. The highest BCUT2D eigenvalue weighted by atomic mass is 16.5. The normalized spacial score (nSPS) is 11.0. The van der Waals surface area contributed by atoms with Gasteiger partial charge in [-0.15, -0.1) is 0 Å². The summed E-state index contributed by atoms with van der Waals surface area (Å²) in [6.45, 7) is -0.182. The van der Waals surface area contributed by atoms with Crippen molar-refractivity contribution in [1.29, 1.82) is 0 Å². The van der Waals surface area contributed by atoms with Crippen LogP contribution < -0.4 is 15.5 Å². The fourth-order valence-corrected chi connectivity index (χ4v) is 3.40. The van der Waals surface area contributed by atoms with Crippen molar-refractivity contribution in [2.24, 2.45) is 5.10 Å². The average Bonchev–Trinajstić information content (AvgIpc) is 2.82. The van der Waals surface area contributed by atoms with Crippen molar-refractivity contribution < 1.29 is 14.3 Å². The Hall–Kier alpha value is -4.19. The lowest BCUT2D eigenvalue weighted by atomic mass is 9.97. The summed E-state index contributed by atoms with van der Waals surface area (Å²) >= 11 is 0. The third kappa shape index (κ3) is 4.53. The van der Waals surface area contributed by atoms with Gasteiger partial charge < -0.3 is 10.1 Å². The SMILES string of the molecule is COc1ccc(C(=O)NCC(=O)N/N=C\c2c3ccccc3cc3ccccc23)cc1. The summed E-state index contributed by atoms with van der Waals surface area (Å²) in [6.07, 6.45) is 1.65. The molecular formula is C25H21N3O3. The molecule has 31 heavy (non-hydrogen) atoms. The molecule has 6 heteroatoms. The minimum atomic E-state index is -0.414. The van der Waals surface area contributed by atoms with Crippen LogP contribution in [0.3, 0.4) is 0 Å². The molecule has 0 saturated carbocycles. The van der Waals surface area contributed by atoms with Gasteiger partial charge in [0.1, 0.15) is 5.75 Å². The van der Waals surface area contributed by atoms with Gasteiger partial charge in [0.05, 0.1) is 19.9 Å². The van der Waals surface area contributed by atoms with E-state index in [2.05, 4.69) is 21.9 Å². The second-order valence-corrected chi connectivity index (χ2v) is 6.94. The molecule has 0 atom stereocenters. The Morgan fingerprint density at radius 3 is 2.13 bits per heavy atom. The van der Waals surface area contributed by atoms with Crippen LogP contribution in [0.5, 0.6) is 5.75 Å². The first-order chi connectivity index (χ1) is 15.2. The highest BCUT2D eigenvalue weighted by molar-refractivity contribution is 6.13. The summed E-state index contributed by atoms with van der Waals surface area (Å²) in [5.74, 6) is -0.103. The largest absolute Gasteiger partial charge is 0.497 e. The van der Waals surface area contributed by atoms with Crippen LogP contribution in [0.4, 0.5) is 0 Å². The summed E-state index contributed by atoms with van der Waals surface area (Å²) < 4.78 is 5.07.